The van der Waals surface area contributed by atoms with E-state index >= 15 is 0 Å². The second-order valence-corrected chi connectivity index (χ2v) is 7.56. The average molecular weight is 421 g/mol. The molecule has 0 unspecified atom stereocenters. The van der Waals surface area contributed by atoms with E-state index in [4.69, 9.17) is 32.9 Å². The van der Waals surface area contributed by atoms with E-state index in [1.165, 1.54) is 0 Å². The number of rotatable bonds is 3. The van der Waals surface area contributed by atoms with E-state index in [-0.39, 0.29) is 5.78 Å². The van der Waals surface area contributed by atoms with Gasteiger partial charge in [-0.15, -0.1) is 0 Å². The second-order valence-electron chi connectivity index (χ2n) is 6.72. The van der Waals surface area contributed by atoms with Crippen molar-refractivity contribution < 1.29 is 9.53 Å². The molecule has 0 radical (unpaired) electrons. The Morgan fingerprint density at radius 3 is 2.55 bits per heavy atom. The van der Waals surface area contributed by atoms with Crippen molar-refractivity contribution in [3.05, 3.63) is 81.8 Å². The highest BCUT2D eigenvalue weighted by molar-refractivity contribution is 6.36. The van der Waals surface area contributed by atoms with Gasteiger partial charge in [0.15, 0.2) is 5.78 Å². The molecule has 0 fully saturated rings. The number of hydrogen-bond acceptors (Lipinski definition) is 4. The van der Waals surface area contributed by atoms with Crippen LogP contribution in [0.15, 0.2) is 60.7 Å². The van der Waals surface area contributed by atoms with Crippen molar-refractivity contribution in [1.29, 1.82) is 0 Å². The molecule has 1 aromatic heterocycles. The zero-order valence-electron chi connectivity index (χ0n) is 15.3. The van der Waals surface area contributed by atoms with Crippen molar-refractivity contribution in [2.24, 2.45) is 0 Å². The number of para-hydroxylation sites is 1. The fourth-order valence-corrected chi connectivity index (χ4v) is 4.17. The monoisotopic (exact) mass is 420 g/mol. The van der Waals surface area contributed by atoms with Crippen LogP contribution in [0.2, 0.25) is 10.0 Å². The molecule has 1 heterocycles. The molecular weight excluding hydrogens is 407 g/mol. The average Bonchev–Trinajstić information content (AvgIpc) is 3.03. The van der Waals surface area contributed by atoms with Crippen molar-refractivity contribution >= 4 is 51.4 Å². The number of carbonyl (C=O) groups excluding carboxylic acids is 1. The van der Waals surface area contributed by atoms with Crippen molar-refractivity contribution in [1.82, 2.24) is 4.98 Å². The third-order valence-corrected chi connectivity index (χ3v) is 5.59. The Bertz CT molecular complexity index is 1320. The van der Waals surface area contributed by atoms with Crippen LogP contribution in [0.5, 0.6) is 5.75 Å². The van der Waals surface area contributed by atoms with Crippen LogP contribution in [0.25, 0.3) is 22.0 Å². The van der Waals surface area contributed by atoms with Crippen molar-refractivity contribution in [3.63, 3.8) is 0 Å². The molecule has 3 aromatic carbocycles. The second kappa shape index (κ2) is 6.76. The van der Waals surface area contributed by atoms with E-state index in [1.807, 2.05) is 36.4 Å². The number of benzene rings is 3. The largest absolute Gasteiger partial charge is 0.497 e. The van der Waals surface area contributed by atoms with Gasteiger partial charge in [0, 0.05) is 27.1 Å². The van der Waals surface area contributed by atoms with E-state index in [9.17, 15) is 4.79 Å². The van der Waals surface area contributed by atoms with Gasteiger partial charge in [-0.05, 0) is 48.0 Å². The summed E-state index contributed by atoms with van der Waals surface area (Å²) in [6.07, 6.45) is 0. The third kappa shape index (κ3) is 2.84. The predicted molar refractivity (Wildman–Crippen MR) is 117 cm³/mol. The maximum Gasteiger partial charge on any atom is 0.195 e. The maximum absolute atomic E-state index is 13.3. The minimum atomic E-state index is -0.0437. The number of methoxy groups -OCH3 is 1. The molecule has 142 valence electrons. The summed E-state index contributed by atoms with van der Waals surface area (Å²) in [5, 5.41) is 5.13. The first-order valence-electron chi connectivity index (χ1n) is 8.95. The van der Waals surface area contributed by atoms with Gasteiger partial charge in [0.1, 0.15) is 11.6 Å². The molecule has 1 aliphatic rings. The van der Waals surface area contributed by atoms with Gasteiger partial charge >= 0.3 is 0 Å². The summed E-state index contributed by atoms with van der Waals surface area (Å²) >= 11 is 12.4. The molecule has 0 spiro atoms. The van der Waals surface area contributed by atoms with Crippen LogP contribution in [-0.4, -0.2) is 17.9 Å². The first kappa shape index (κ1) is 18.0. The summed E-state index contributed by atoms with van der Waals surface area (Å²) in [5.41, 5.74) is 4.20. The number of nitrogens with one attached hydrogen (secondary N) is 1. The minimum absolute atomic E-state index is 0.0437. The number of nitrogens with zero attached hydrogens (tertiary/aromatic N) is 1. The van der Waals surface area contributed by atoms with Crippen LogP contribution in [-0.2, 0) is 0 Å². The normalized spacial score (nSPS) is 12.0. The Balaban J connectivity index is 1.78. The number of anilines is 2. The van der Waals surface area contributed by atoms with Gasteiger partial charge in [-0.2, -0.15) is 0 Å². The summed E-state index contributed by atoms with van der Waals surface area (Å²) in [4.78, 5) is 18.1. The molecule has 4 aromatic rings. The van der Waals surface area contributed by atoms with E-state index < -0.39 is 0 Å². The van der Waals surface area contributed by atoms with E-state index in [1.54, 1.807) is 31.4 Å². The van der Waals surface area contributed by atoms with Crippen molar-refractivity contribution in [2.45, 2.75) is 0 Å². The minimum Gasteiger partial charge on any atom is -0.497 e. The Labute approximate surface area is 177 Å². The molecule has 4 nitrogen and oxygen atoms in total. The fourth-order valence-electron chi connectivity index (χ4n) is 3.71. The molecule has 29 heavy (non-hydrogen) atoms. The van der Waals surface area contributed by atoms with Gasteiger partial charge in [-0.3, -0.25) is 4.79 Å². The molecule has 0 saturated carbocycles. The fraction of sp³-hybridized carbons (Fsp3) is 0.0435. The lowest BCUT2D eigenvalue weighted by molar-refractivity contribution is 0.104. The standard InChI is InChI=1S/C23H14Cl2N2O2/c1-29-13-7-8-14-16(11-13)22(28)20-15-4-2-3-5-18(15)26-23(21(14)20)27-19-9-6-12(24)10-17(19)25/h2-11H,1H3,(H,26,27). The summed E-state index contributed by atoms with van der Waals surface area (Å²) in [6, 6.07) is 18.3. The SMILES string of the molecule is COc1ccc2c(c1)C(=O)c1c-2c(Nc2ccc(Cl)cc2Cl)nc2ccccc12. The van der Waals surface area contributed by atoms with Gasteiger partial charge in [0.2, 0.25) is 0 Å². The summed E-state index contributed by atoms with van der Waals surface area (Å²) < 4.78 is 5.31. The molecule has 0 saturated heterocycles. The smallest absolute Gasteiger partial charge is 0.195 e. The molecule has 0 atom stereocenters. The van der Waals surface area contributed by atoms with E-state index in [2.05, 4.69) is 5.32 Å². The maximum atomic E-state index is 13.3. The Morgan fingerprint density at radius 2 is 1.76 bits per heavy atom. The number of aromatic nitrogens is 1. The first-order valence-corrected chi connectivity index (χ1v) is 9.70. The van der Waals surface area contributed by atoms with E-state index in [0.717, 1.165) is 22.0 Å². The van der Waals surface area contributed by atoms with Crippen LogP contribution in [0, 0.1) is 0 Å². The van der Waals surface area contributed by atoms with Crippen LogP contribution < -0.4 is 10.1 Å². The van der Waals surface area contributed by atoms with Crippen molar-refractivity contribution in [3.8, 4) is 16.9 Å². The van der Waals surface area contributed by atoms with Crippen LogP contribution in [0.4, 0.5) is 11.5 Å². The highest BCUT2D eigenvalue weighted by atomic mass is 35.5. The lowest BCUT2D eigenvalue weighted by atomic mass is 10.0. The Hall–Kier alpha value is -3.08. The number of ketones is 1. The molecule has 1 N–H and O–H groups in total. The molecule has 6 heteroatoms. The first-order chi connectivity index (χ1) is 14.1. The summed E-state index contributed by atoms with van der Waals surface area (Å²) in [5.74, 6) is 1.16. The third-order valence-electron chi connectivity index (χ3n) is 5.04. The number of ether oxygens (including phenoxy) is 1. The van der Waals surface area contributed by atoms with Crippen molar-refractivity contribution in [2.75, 3.05) is 12.4 Å². The lowest BCUT2D eigenvalue weighted by Gasteiger charge is -2.14. The van der Waals surface area contributed by atoms with Crippen LogP contribution in [0.1, 0.15) is 15.9 Å². The van der Waals surface area contributed by atoms with Gasteiger partial charge in [-0.1, -0.05) is 41.4 Å². The summed E-state index contributed by atoms with van der Waals surface area (Å²) in [7, 11) is 1.58. The van der Waals surface area contributed by atoms with Crippen LogP contribution in [0.3, 0.4) is 0 Å². The quantitative estimate of drug-likeness (QED) is 0.361. The Morgan fingerprint density at radius 1 is 0.931 bits per heavy atom. The van der Waals surface area contributed by atoms with Crippen LogP contribution >= 0.6 is 23.2 Å². The summed E-state index contributed by atoms with van der Waals surface area (Å²) in [6.45, 7) is 0. The van der Waals surface area contributed by atoms with Gasteiger partial charge in [0.05, 0.1) is 23.3 Å². The zero-order valence-corrected chi connectivity index (χ0v) is 16.8. The number of pyridine rings is 1. The van der Waals surface area contributed by atoms with Gasteiger partial charge < -0.3 is 10.1 Å². The molecule has 0 aliphatic heterocycles. The number of hydrogen-bond donors (Lipinski definition) is 1. The predicted octanol–water partition coefficient (Wildman–Crippen LogP) is 6.51. The van der Waals surface area contributed by atoms with E-state index in [0.29, 0.717) is 38.4 Å². The van der Waals surface area contributed by atoms with Gasteiger partial charge in [-0.25, -0.2) is 4.98 Å². The zero-order chi connectivity index (χ0) is 20.1. The number of fused-ring (bicyclic) bond motifs is 5. The highest BCUT2D eigenvalue weighted by Crippen LogP contribution is 2.46. The molecule has 1 aliphatic carbocycles. The molecule has 5 rings (SSSR count). The van der Waals surface area contributed by atoms with Gasteiger partial charge in [0.25, 0.3) is 0 Å². The molecule has 0 amide bonds. The molecule has 0 bridgehead atoms. The number of halogens is 2. The lowest BCUT2D eigenvalue weighted by Crippen LogP contribution is -2.01. The molecular formula is C23H14Cl2N2O2. The Kier molecular flexibility index (Phi) is 4.19. The topological polar surface area (TPSA) is 51.2 Å². The highest BCUT2D eigenvalue weighted by Gasteiger charge is 2.32. The number of carbonyl (C=O) groups is 1.